The van der Waals surface area contributed by atoms with Gasteiger partial charge >= 0.3 is 0 Å². The molecule has 1 N–H and O–H groups in total. The summed E-state index contributed by atoms with van der Waals surface area (Å²) in [6.45, 7) is 8.86. The van der Waals surface area contributed by atoms with Crippen LogP contribution < -0.4 is 9.62 Å². The summed E-state index contributed by atoms with van der Waals surface area (Å²) in [6.07, 6.45) is 1.87. The van der Waals surface area contributed by atoms with Gasteiger partial charge in [-0.15, -0.1) is 0 Å². The number of aryl methyl sites for hydroxylation is 1. The molecule has 0 aliphatic heterocycles. The average molecular weight is 508 g/mol. The summed E-state index contributed by atoms with van der Waals surface area (Å²) >= 11 is 6.12. The Kier molecular flexibility index (Phi) is 9.14. The van der Waals surface area contributed by atoms with Crippen molar-refractivity contribution in [3.05, 3.63) is 64.7 Å². The van der Waals surface area contributed by atoms with Crippen LogP contribution in [0.5, 0.6) is 0 Å². The molecule has 0 fully saturated rings. The highest BCUT2D eigenvalue weighted by Crippen LogP contribution is 2.21. The van der Waals surface area contributed by atoms with Crippen molar-refractivity contribution >= 4 is 39.1 Å². The summed E-state index contributed by atoms with van der Waals surface area (Å²) in [7, 11) is -3.76. The molecule has 7 nitrogen and oxygen atoms in total. The van der Waals surface area contributed by atoms with E-state index in [1.165, 1.54) is 4.90 Å². The molecule has 2 amide bonds. The van der Waals surface area contributed by atoms with Crippen molar-refractivity contribution in [1.82, 2.24) is 10.2 Å². The largest absolute Gasteiger partial charge is 0.350 e. The van der Waals surface area contributed by atoms with Gasteiger partial charge < -0.3 is 10.2 Å². The Hall–Kier alpha value is -2.58. The van der Waals surface area contributed by atoms with Gasteiger partial charge in [-0.2, -0.15) is 0 Å². The maximum Gasteiger partial charge on any atom is 0.244 e. The molecule has 0 aliphatic rings. The number of amides is 2. The number of hydrogen-bond donors (Lipinski definition) is 1. The number of rotatable bonds is 9. The quantitative estimate of drug-likeness (QED) is 0.555. The number of nitrogens with one attached hydrogen (secondary N) is 1. The first-order valence-electron chi connectivity index (χ1n) is 11.1. The zero-order chi connectivity index (χ0) is 25.7. The molecule has 2 rings (SSSR count). The Morgan fingerprint density at radius 1 is 1.06 bits per heavy atom. The third kappa shape index (κ3) is 8.02. The van der Waals surface area contributed by atoms with Gasteiger partial charge in [-0.1, -0.05) is 42.8 Å². The van der Waals surface area contributed by atoms with Crippen LogP contribution in [0, 0.1) is 0 Å². The molecule has 9 heteroatoms. The molecule has 1 unspecified atom stereocenters. The van der Waals surface area contributed by atoms with E-state index in [1.54, 1.807) is 43.3 Å². The average Bonchev–Trinajstić information content (AvgIpc) is 2.73. The van der Waals surface area contributed by atoms with Crippen molar-refractivity contribution in [3.63, 3.8) is 0 Å². The maximum atomic E-state index is 13.5. The van der Waals surface area contributed by atoms with Crippen LogP contribution in [0.4, 0.5) is 5.69 Å². The SMILES string of the molecule is CCc1ccc(N(CC(=O)N(Cc2cccc(Cl)c2)C(C)C(=O)NC(C)(C)C)S(C)(=O)=O)cc1. The van der Waals surface area contributed by atoms with E-state index >= 15 is 0 Å². The number of carbonyl (C=O) groups is 2. The minimum absolute atomic E-state index is 0.102. The van der Waals surface area contributed by atoms with E-state index in [9.17, 15) is 18.0 Å². The lowest BCUT2D eigenvalue weighted by Gasteiger charge is -2.33. The molecule has 1 atom stereocenters. The predicted octanol–water partition coefficient (Wildman–Crippen LogP) is 4.00. The second-order valence-corrected chi connectivity index (χ2v) is 11.7. The van der Waals surface area contributed by atoms with E-state index in [0.29, 0.717) is 10.7 Å². The molecule has 0 heterocycles. The Morgan fingerprint density at radius 2 is 1.68 bits per heavy atom. The minimum Gasteiger partial charge on any atom is -0.350 e. The van der Waals surface area contributed by atoms with Crippen molar-refractivity contribution in [2.24, 2.45) is 0 Å². The molecular formula is C25H34ClN3O4S. The van der Waals surface area contributed by atoms with Crippen LogP contribution in [0.15, 0.2) is 48.5 Å². The molecule has 2 aromatic carbocycles. The monoisotopic (exact) mass is 507 g/mol. The van der Waals surface area contributed by atoms with Crippen LogP contribution in [0.25, 0.3) is 0 Å². The molecule has 0 saturated heterocycles. The molecule has 186 valence electrons. The first-order valence-corrected chi connectivity index (χ1v) is 13.4. The Balaban J connectivity index is 2.39. The summed E-state index contributed by atoms with van der Waals surface area (Å²) in [5, 5.41) is 3.39. The topological polar surface area (TPSA) is 86.8 Å². The smallest absolute Gasteiger partial charge is 0.244 e. The number of hydrogen-bond acceptors (Lipinski definition) is 4. The van der Waals surface area contributed by atoms with Crippen molar-refractivity contribution in [2.75, 3.05) is 17.1 Å². The normalized spacial score (nSPS) is 12.7. The first kappa shape index (κ1) is 27.7. The highest BCUT2D eigenvalue weighted by atomic mass is 35.5. The van der Waals surface area contributed by atoms with E-state index in [4.69, 9.17) is 11.6 Å². The second kappa shape index (κ2) is 11.2. The number of anilines is 1. The molecule has 0 spiro atoms. The van der Waals surface area contributed by atoms with Gasteiger partial charge in [0.1, 0.15) is 12.6 Å². The number of carbonyl (C=O) groups excluding carboxylic acids is 2. The van der Waals surface area contributed by atoms with Crippen LogP contribution in [0.3, 0.4) is 0 Å². The van der Waals surface area contributed by atoms with Gasteiger partial charge in [0.2, 0.25) is 21.8 Å². The zero-order valence-corrected chi connectivity index (χ0v) is 22.2. The molecule has 0 bridgehead atoms. The third-order valence-corrected chi connectivity index (χ3v) is 6.59. The van der Waals surface area contributed by atoms with Crippen LogP contribution in [0.2, 0.25) is 5.02 Å². The second-order valence-electron chi connectivity index (χ2n) is 9.36. The summed E-state index contributed by atoms with van der Waals surface area (Å²) in [5.41, 5.74) is 1.69. The molecule has 0 aliphatic carbocycles. The number of benzene rings is 2. The zero-order valence-electron chi connectivity index (χ0n) is 20.6. The summed E-state index contributed by atoms with van der Waals surface area (Å²) in [6, 6.07) is 13.2. The lowest BCUT2D eigenvalue weighted by molar-refractivity contribution is -0.140. The van der Waals surface area contributed by atoms with Gasteiger partial charge in [-0.25, -0.2) is 8.42 Å². The third-order valence-electron chi connectivity index (χ3n) is 5.22. The molecule has 0 saturated carbocycles. The van der Waals surface area contributed by atoms with Crippen LogP contribution in [-0.4, -0.2) is 49.5 Å². The van der Waals surface area contributed by atoms with Gasteiger partial charge in [-0.3, -0.25) is 13.9 Å². The number of halogens is 1. The Morgan fingerprint density at radius 3 is 2.18 bits per heavy atom. The Labute approximate surface area is 208 Å². The summed E-state index contributed by atoms with van der Waals surface area (Å²) < 4.78 is 26.3. The van der Waals surface area contributed by atoms with Crippen molar-refractivity contribution in [1.29, 1.82) is 0 Å². The highest BCUT2D eigenvalue weighted by molar-refractivity contribution is 7.92. The highest BCUT2D eigenvalue weighted by Gasteiger charge is 2.31. The van der Waals surface area contributed by atoms with Gasteiger partial charge in [0.25, 0.3) is 0 Å². The predicted molar refractivity (Wildman–Crippen MR) is 137 cm³/mol. The van der Waals surface area contributed by atoms with Gasteiger partial charge in [0.05, 0.1) is 11.9 Å². The minimum atomic E-state index is -3.76. The van der Waals surface area contributed by atoms with Gasteiger partial charge in [-0.05, 0) is 69.5 Å². The van der Waals surface area contributed by atoms with Crippen LogP contribution in [0.1, 0.15) is 45.7 Å². The first-order chi connectivity index (χ1) is 15.7. The van der Waals surface area contributed by atoms with Crippen LogP contribution in [-0.2, 0) is 32.6 Å². The fraction of sp³-hybridized carbons (Fsp3) is 0.440. The number of nitrogens with zero attached hydrogens (tertiary/aromatic N) is 2. The molecule has 0 aromatic heterocycles. The van der Waals surface area contributed by atoms with Gasteiger partial charge in [0.15, 0.2) is 0 Å². The van der Waals surface area contributed by atoms with E-state index < -0.39 is 34.1 Å². The molecule has 0 radical (unpaired) electrons. The standard InChI is InChI=1S/C25H34ClN3O4S/c1-7-19-11-13-22(14-12-19)29(34(6,32)33)17-23(30)28(16-20-9-8-10-21(26)15-20)18(2)24(31)27-25(3,4)5/h8-15,18H,7,16-17H2,1-6H3,(H,27,31). The molecule has 34 heavy (non-hydrogen) atoms. The fourth-order valence-corrected chi connectivity index (χ4v) is 4.46. The molecular weight excluding hydrogens is 474 g/mol. The van der Waals surface area contributed by atoms with Crippen LogP contribution >= 0.6 is 11.6 Å². The van der Waals surface area contributed by atoms with E-state index in [2.05, 4.69) is 5.32 Å². The number of sulfonamides is 1. The van der Waals surface area contributed by atoms with E-state index in [1.807, 2.05) is 39.8 Å². The summed E-state index contributed by atoms with van der Waals surface area (Å²) in [5.74, 6) is -0.831. The Bertz CT molecular complexity index is 1110. The lowest BCUT2D eigenvalue weighted by Crippen LogP contribution is -2.54. The van der Waals surface area contributed by atoms with Crippen molar-refractivity contribution < 1.29 is 18.0 Å². The van der Waals surface area contributed by atoms with E-state index in [-0.39, 0.29) is 12.5 Å². The molecule has 2 aromatic rings. The van der Waals surface area contributed by atoms with Crippen molar-refractivity contribution in [2.45, 2.75) is 59.2 Å². The maximum absolute atomic E-state index is 13.5. The lowest BCUT2D eigenvalue weighted by atomic mass is 10.1. The van der Waals surface area contributed by atoms with Crippen molar-refractivity contribution in [3.8, 4) is 0 Å². The van der Waals surface area contributed by atoms with E-state index in [0.717, 1.165) is 28.1 Å². The fourth-order valence-electron chi connectivity index (χ4n) is 3.40. The van der Waals surface area contributed by atoms with Gasteiger partial charge in [0, 0.05) is 17.1 Å². The summed E-state index contributed by atoms with van der Waals surface area (Å²) in [4.78, 5) is 27.8.